The average molecular weight is 480 g/mol. The summed E-state index contributed by atoms with van der Waals surface area (Å²) in [5.41, 5.74) is 1.21. The minimum absolute atomic E-state index is 0.0385. The van der Waals surface area contributed by atoms with Crippen LogP contribution in [0.3, 0.4) is 0 Å². The molecule has 0 aliphatic rings. The zero-order valence-corrected chi connectivity index (χ0v) is 19.9. The quantitative estimate of drug-likeness (QED) is 0.325. The summed E-state index contributed by atoms with van der Waals surface area (Å²) < 4.78 is 11.4. The fourth-order valence-electron chi connectivity index (χ4n) is 3.75. The molecule has 3 atom stereocenters. The van der Waals surface area contributed by atoms with Crippen LogP contribution in [0.4, 0.5) is 0 Å². The van der Waals surface area contributed by atoms with Crippen LogP contribution >= 0.6 is 0 Å². The Morgan fingerprint density at radius 3 is 1.66 bits per heavy atom. The number of aliphatic hydroxyl groups excluding tert-OH is 2. The molecule has 0 aliphatic carbocycles. The van der Waals surface area contributed by atoms with Crippen LogP contribution in [0, 0.1) is 0 Å². The first-order valence-electron chi connectivity index (χ1n) is 11.7. The zero-order chi connectivity index (χ0) is 25.0. The Labute approximate surface area is 206 Å². The summed E-state index contributed by atoms with van der Waals surface area (Å²) in [7, 11) is 0. The van der Waals surface area contributed by atoms with Gasteiger partial charge in [0.05, 0.1) is 5.56 Å². The van der Waals surface area contributed by atoms with E-state index in [4.69, 9.17) is 14.6 Å². The predicted molar refractivity (Wildman–Crippen MR) is 134 cm³/mol. The maximum atomic E-state index is 11.1. The molecule has 0 saturated heterocycles. The highest BCUT2D eigenvalue weighted by molar-refractivity contribution is 5.87. The van der Waals surface area contributed by atoms with Gasteiger partial charge in [-0.15, -0.1) is 0 Å². The van der Waals surface area contributed by atoms with Crippen molar-refractivity contribution in [1.29, 1.82) is 0 Å². The van der Waals surface area contributed by atoms with Crippen molar-refractivity contribution in [3.05, 3.63) is 96.1 Å². The fourth-order valence-corrected chi connectivity index (χ4v) is 3.75. The lowest BCUT2D eigenvalue weighted by Crippen LogP contribution is -2.46. The van der Waals surface area contributed by atoms with Crippen LogP contribution in [0.25, 0.3) is 0 Å². The first-order valence-corrected chi connectivity index (χ1v) is 11.7. The van der Waals surface area contributed by atoms with Gasteiger partial charge in [0.2, 0.25) is 0 Å². The zero-order valence-electron chi connectivity index (χ0n) is 19.9. The minimum Gasteiger partial charge on any atom is -0.491 e. The minimum atomic E-state index is -0.964. The van der Waals surface area contributed by atoms with Crippen molar-refractivity contribution in [3.63, 3.8) is 0 Å². The molecule has 0 saturated carbocycles. The van der Waals surface area contributed by atoms with Gasteiger partial charge in [-0.2, -0.15) is 0 Å². The third kappa shape index (κ3) is 9.05. The number of para-hydroxylation sites is 2. The SMILES string of the molecule is CC(Cc1ccc(C(=O)O)cc1)N(CC(O)COc1ccccc1)CC(O)COc1ccccc1. The Hall–Kier alpha value is -3.39. The highest BCUT2D eigenvalue weighted by Crippen LogP contribution is 2.15. The smallest absolute Gasteiger partial charge is 0.335 e. The molecule has 0 spiro atoms. The largest absolute Gasteiger partial charge is 0.491 e. The normalized spacial score (nSPS) is 13.7. The number of nitrogens with zero attached hydrogens (tertiary/aromatic N) is 1. The summed E-state index contributed by atoms with van der Waals surface area (Å²) in [6, 6.07) is 25.3. The summed E-state index contributed by atoms with van der Waals surface area (Å²) >= 11 is 0. The Kier molecular flexibility index (Phi) is 10.1. The molecule has 3 N–H and O–H groups in total. The molecule has 7 nitrogen and oxygen atoms in total. The highest BCUT2D eigenvalue weighted by Gasteiger charge is 2.22. The summed E-state index contributed by atoms with van der Waals surface area (Å²) in [6.07, 6.45) is -0.915. The highest BCUT2D eigenvalue weighted by atomic mass is 16.5. The van der Waals surface area contributed by atoms with Crippen molar-refractivity contribution in [2.45, 2.75) is 31.6 Å². The lowest BCUT2D eigenvalue weighted by atomic mass is 10.0. The summed E-state index contributed by atoms with van der Waals surface area (Å²) in [6.45, 7) is 2.85. The van der Waals surface area contributed by atoms with Crippen molar-refractivity contribution < 1.29 is 29.6 Å². The Bertz CT molecular complexity index is 961. The lowest BCUT2D eigenvalue weighted by molar-refractivity contribution is 0.0167. The van der Waals surface area contributed by atoms with E-state index in [-0.39, 0.29) is 24.8 Å². The maximum absolute atomic E-state index is 11.1. The Morgan fingerprint density at radius 1 is 0.771 bits per heavy atom. The van der Waals surface area contributed by atoms with E-state index in [0.29, 0.717) is 31.0 Å². The molecule has 0 aliphatic heterocycles. The fraction of sp³-hybridized carbons (Fsp3) is 0.321. The van der Waals surface area contributed by atoms with Gasteiger partial charge in [-0.1, -0.05) is 48.5 Å². The molecule has 186 valence electrons. The van der Waals surface area contributed by atoms with Crippen molar-refractivity contribution in [2.75, 3.05) is 26.3 Å². The first-order chi connectivity index (χ1) is 16.9. The van der Waals surface area contributed by atoms with Gasteiger partial charge in [-0.05, 0) is 55.3 Å². The number of hydrogen-bond acceptors (Lipinski definition) is 6. The van der Waals surface area contributed by atoms with Crippen LogP contribution in [0.5, 0.6) is 11.5 Å². The average Bonchev–Trinajstić information content (AvgIpc) is 2.87. The topological polar surface area (TPSA) is 99.5 Å². The van der Waals surface area contributed by atoms with E-state index in [1.54, 1.807) is 24.3 Å². The van der Waals surface area contributed by atoms with E-state index in [0.717, 1.165) is 5.56 Å². The Balaban J connectivity index is 1.61. The number of carboxylic acid groups (broad SMARTS) is 1. The maximum Gasteiger partial charge on any atom is 0.335 e. The summed E-state index contributed by atoms with van der Waals surface area (Å²) in [5.74, 6) is 0.399. The van der Waals surface area contributed by atoms with Gasteiger partial charge in [0, 0.05) is 19.1 Å². The number of carboxylic acids is 1. The van der Waals surface area contributed by atoms with E-state index in [9.17, 15) is 15.0 Å². The summed E-state index contributed by atoms with van der Waals surface area (Å²) in [5, 5.41) is 30.5. The monoisotopic (exact) mass is 479 g/mol. The molecule has 7 heteroatoms. The van der Waals surface area contributed by atoms with E-state index in [1.807, 2.05) is 72.5 Å². The van der Waals surface area contributed by atoms with Crippen LogP contribution in [-0.4, -0.2) is 70.7 Å². The number of carbonyl (C=O) groups is 1. The first kappa shape index (κ1) is 26.2. The van der Waals surface area contributed by atoms with Crippen LogP contribution in [0.1, 0.15) is 22.8 Å². The van der Waals surface area contributed by atoms with E-state index >= 15 is 0 Å². The Morgan fingerprint density at radius 2 is 1.23 bits per heavy atom. The molecular formula is C28H33NO6. The van der Waals surface area contributed by atoms with Crippen LogP contribution in [-0.2, 0) is 6.42 Å². The molecule has 0 fully saturated rings. The molecule has 3 aromatic rings. The van der Waals surface area contributed by atoms with Gasteiger partial charge < -0.3 is 24.8 Å². The molecule has 3 aromatic carbocycles. The number of aromatic carboxylic acids is 1. The standard InChI is InChI=1S/C28H33NO6/c1-21(16-22-12-14-23(15-13-22)28(32)33)29(17-24(30)19-34-26-8-4-2-5-9-26)18-25(31)20-35-27-10-6-3-7-11-27/h2-15,21,24-25,30-31H,16-20H2,1H3,(H,32,33). The third-order valence-corrected chi connectivity index (χ3v) is 5.62. The second-order valence-electron chi connectivity index (χ2n) is 8.56. The number of aliphatic hydroxyl groups is 2. The van der Waals surface area contributed by atoms with Crippen molar-refractivity contribution in [1.82, 2.24) is 4.90 Å². The van der Waals surface area contributed by atoms with Gasteiger partial charge >= 0.3 is 5.97 Å². The molecule has 0 radical (unpaired) electrons. The predicted octanol–water partition coefficient (Wildman–Crippen LogP) is 3.50. The molecule has 0 amide bonds. The molecule has 3 unspecified atom stereocenters. The second kappa shape index (κ2) is 13.5. The summed E-state index contributed by atoms with van der Waals surface area (Å²) in [4.78, 5) is 13.1. The van der Waals surface area contributed by atoms with E-state index < -0.39 is 18.2 Å². The van der Waals surface area contributed by atoms with Crippen LogP contribution in [0.2, 0.25) is 0 Å². The molecule has 0 bridgehead atoms. The molecule has 3 rings (SSSR count). The van der Waals surface area contributed by atoms with E-state index in [1.165, 1.54) is 0 Å². The van der Waals surface area contributed by atoms with Crippen molar-refractivity contribution in [2.24, 2.45) is 0 Å². The molecule has 35 heavy (non-hydrogen) atoms. The van der Waals surface area contributed by atoms with Crippen LogP contribution in [0.15, 0.2) is 84.9 Å². The van der Waals surface area contributed by atoms with Gasteiger partial charge in [0.25, 0.3) is 0 Å². The number of ether oxygens (including phenoxy) is 2. The number of rotatable bonds is 14. The second-order valence-corrected chi connectivity index (χ2v) is 8.56. The van der Waals surface area contributed by atoms with Gasteiger partial charge in [-0.3, -0.25) is 4.90 Å². The number of benzene rings is 3. The van der Waals surface area contributed by atoms with Gasteiger partial charge in [0.15, 0.2) is 0 Å². The number of hydrogen-bond donors (Lipinski definition) is 3. The molecular weight excluding hydrogens is 446 g/mol. The lowest BCUT2D eigenvalue weighted by Gasteiger charge is -2.32. The van der Waals surface area contributed by atoms with E-state index in [2.05, 4.69) is 0 Å². The van der Waals surface area contributed by atoms with Gasteiger partial charge in [-0.25, -0.2) is 4.79 Å². The van der Waals surface area contributed by atoms with Crippen molar-refractivity contribution >= 4 is 5.97 Å². The van der Waals surface area contributed by atoms with Gasteiger partial charge in [0.1, 0.15) is 36.9 Å². The van der Waals surface area contributed by atoms with Crippen LogP contribution < -0.4 is 9.47 Å². The molecule has 0 aromatic heterocycles. The van der Waals surface area contributed by atoms with Crippen molar-refractivity contribution in [3.8, 4) is 11.5 Å². The third-order valence-electron chi connectivity index (χ3n) is 5.62. The molecule has 0 heterocycles.